The van der Waals surface area contributed by atoms with Gasteiger partial charge in [-0.1, -0.05) is 57.4 Å². The molecule has 4 rings (SSSR count). The van der Waals surface area contributed by atoms with E-state index >= 15 is 0 Å². The van der Waals surface area contributed by atoms with Crippen LogP contribution >= 0.6 is 15.9 Å². The topological polar surface area (TPSA) is 42.0 Å². The predicted octanol–water partition coefficient (Wildman–Crippen LogP) is 7.46. The number of nitrogens with one attached hydrogen (secondary N) is 1. The maximum absolute atomic E-state index is 13.6. The SMILES string of the molecule is Cc1ccc(-c2nc3c(C)cc(C)cc3c(C(=O)Nc3ccc(Br)cc3C)c2C)cc1. The van der Waals surface area contributed by atoms with E-state index in [1.807, 2.05) is 32.0 Å². The molecule has 31 heavy (non-hydrogen) atoms. The number of halogens is 1. The summed E-state index contributed by atoms with van der Waals surface area (Å²) in [5, 5.41) is 4.01. The van der Waals surface area contributed by atoms with E-state index in [4.69, 9.17) is 4.98 Å². The molecule has 0 saturated heterocycles. The average molecular weight is 473 g/mol. The molecule has 0 radical (unpaired) electrons. The van der Waals surface area contributed by atoms with Gasteiger partial charge in [-0.3, -0.25) is 4.79 Å². The van der Waals surface area contributed by atoms with Crippen molar-refractivity contribution in [2.24, 2.45) is 0 Å². The predicted molar refractivity (Wildman–Crippen MR) is 133 cm³/mol. The van der Waals surface area contributed by atoms with Crippen LogP contribution in [-0.4, -0.2) is 10.9 Å². The number of hydrogen-bond acceptors (Lipinski definition) is 2. The molecular weight excluding hydrogens is 448 g/mol. The molecule has 0 atom stereocenters. The van der Waals surface area contributed by atoms with Crippen molar-refractivity contribution in [3.05, 3.63) is 92.5 Å². The summed E-state index contributed by atoms with van der Waals surface area (Å²) in [4.78, 5) is 18.6. The lowest BCUT2D eigenvalue weighted by Crippen LogP contribution is -2.16. The smallest absolute Gasteiger partial charge is 0.256 e. The summed E-state index contributed by atoms with van der Waals surface area (Å²) in [6.45, 7) is 10.1. The summed E-state index contributed by atoms with van der Waals surface area (Å²) in [5.74, 6) is -0.117. The number of nitrogens with zero attached hydrogens (tertiary/aromatic N) is 1. The summed E-state index contributed by atoms with van der Waals surface area (Å²) < 4.78 is 0.987. The van der Waals surface area contributed by atoms with Gasteiger partial charge in [0.1, 0.15) is 0 Å². The van der Waals surface area contributed by atoms with Crippen molar-refractivity contribution < 1.29 is 4.79 Å². The second-order valence-corrected chi connectivity index (χ2v) is 9.13. The van der Waals surface area contributed by atoms with Gasteiger partial charge in [-0.05, 0) is 75.6 Å². The lowest BCUT2D eigenvalue weighted by Gasteiger charge is -2.17. The number of aryl methyl sites for hydroxylation is 4. The Morgan fingerprint density at radius 2 is 1.55 bits per heavy atom. The Bertz CT molecular complexity index is 1320. The fourth-order valence-corrected chi connectivity index (χ4v) is 4.53. The van der Waals surface area contributed by atoms with Gasteiger partial charge in [0.2, 0.25) is 0 Å². The van der Waals surface area contributed by atoms with Crippen LogP contribution in [-0.2, 0) is 0 Å². The minimum absolute atomic E-state index is 0.117. The zero-order valence-electron chi connectivity index (χ0n) is 18.4. The van der Waals surface area contributed by atoms with Gasteiger partial charge in [-0.15, -0.1) is 0 Å². The van der Waals surface area contributed by atoms with E-state index in [0.717, 1.165) is 54.6 Å². The van der Waals surface area contributed by atoms with Gasteiger partial charge in [0.05, 0.1) is 16.8 Å². The molecule has 0 spiro atoms. The van der Waals surface area contributed by atoms with Crippen LogP contribution in [0.25, 0.3) is 22.2 Å². The number of anilines is 1. The summed E-state index contributed by atoms with van der Waals surface area (Å²) in [5.41, 5.74) is 9.46. The molecule has 0 saturated carbocycles. The number of amides is 1. The highest BCUT2D eigenvalue weighted by atomic mass is 79.9. The van der Waals surface area contributed by atoms with Crippen molar-refractivity contribution in [1.29, 1.82) is 0 Å². The molecule has 0 aliphatic heterocycles. The Morgan fingerprint density at radius 3 is 2.23 bits per heavy atom. The van der Waals surface area contributed by atoms with Crippen LogP contribution in [0.5, 0.6) is 0 Å². The lowest BCUT2D eigenvalue weighted by atomic mass is 9.94. The second kappa shape index (κ2) is 8.27. The molecule has 0 bridgehead atoms. The Morgan fingerprint density at radius 1 is 0.839 bits per heavy atom. The maximum atomic E-state index is 13.6. The first-order valence-electron chi connectivity index (χ1n) is 10.3. The quantitative estimate of drug-likeness (QED) is 0.336. The van der Waals surface area contributed by atoms with Crippen LogP contribution in [0.3, 0.4) is 0 Å². The summed E-state index contributed by atoms with van der Waals surface area (Å²) in [6, 6.07) is 18.3. The number of carbonyl (C=O) groups excluding carboxylic acids is 1. The van der Waals surface area contributed by atoms with Crippen molar-refractivity contribution >= 4 is 38.4 Å². The number of fused-ring (bicyclic) bond motifs is 1. The molecule has 4 aromatic rings. The van der Waals surface area contributed by atoms with Crippen LogP contribution in [0.4, 0.5) is 5.69 Å². The fourth-order valence-electron chi connectivity index (χ4n) is 4.05. The third kappa shape index (κ3) is 4.13. The fraction of sp³-hybridized carbons (Fsp3) is 0.185. The number of aromatic nitrogens is 1. The number of carbonyl (C=O) groups is 1. The molecule has 1 amide bonds. The van der Waals surface area contributed by atoms with Crippen molar-refractivity contribution in [1.82, 2.24) is 4.98 Å². The van der Waals surface area contributed by atoms with Gasteiger partial charge in [0.15, 0.2) is 0 Å². The minimum atomic E-state index is -0.117. The van der Waals surface area contributed by atoms with E-state index in [1.165, 1.54) is 5.56 Å². The van der Waals surface area contributed by atoms with Gasteiger partial charge in [-0.25, -0.2) is 4.98 Å². The molecule has 3 nitrogen and oxygen atoms in total. The zero-order valence-corrected chi connectivity index (χ0v) is 20.0. The van der Waals surface area contributed by atoms with Crippen molar-refractivity contribution in [2.45, 2.75) is 34.6 Å². The van der Waals surface area contributed by atoms with Gasteiger partial charge in [0.25, 0.3) is 5.91 Å². The molecule has 1 N–H and O–H groups in total. The molecule has 0 aliphatic carbocycles. The van der Waals surface area contributed by atoms with Crippen molar-refractivity contribution in [3.8, 4) is 11.3 Å². The third-order valence-corrected chi connectivity index (χ3v) is 6.15. The Labute approximate surface area is 191 Å². The van der Waals surface area contributed by atoms with Crippen LogP contribution in [0, 0.1) is 34.6 Å². The van der Waals surface area contributed by atoms with Gasteiger partial charge >= 0.3 is 0 Å². The highest BCUT2D eigenvalue weighted by molar-refractivity contribution is 9.10. The molecule has 0 fully saturated rings. The van der Waals surface area contributed by atoms with E-state index in [9.17, 15) is 4.79 Å². The Hall–Kier alpha value is -2.98. The molecule has 156 valence electrons. The molecular formula is C27H25BrN2O. The third-order valence-electron chi connectivity index (χ3n) is 5.66. The number of pyridine rings is 1. The number of rotatable bonds is 3. The van der Waals surface area contributed by atoms with E-state index in [2.05, 4.69) is 78.4 Å². The maximum Gasteiger partial charge on any atom is 0.256 e. The van der Waals surface area contributed by atoms with Crippen molar-refractivity contribution in [2.75, 3.05) is 5.32 Å². The first-order chi connectivity index (χ1) is 14.7. The number of hydrogen-bond donors (Lipinski definition) is 1. The molecule has 3 aromatic carbocycles. The van der Waals surface area contributed by atoms with Gasteiger partial charge < -0.3 is 5.32 Å². The van der Waals surface area contributed by atoms with Crippen LogP contribution in [0.2, 0.25) is 0 Å². The first kappa shape index (κ1) is 21.3. The molecule has 0 unspecified atom stereocenters. The van der Waals surface area contributed by atoms with Gasteiger partial charge in [-0.2, -0.15) is 0 Å². The van der Waals surface area contributed by atoms with Crippen LogP contribution < -0.4 is 5.32 Å². The summed E-state index contributed by atoms with van der Waals surface area (Å²) in [7, 11) is 0. The van der Waals surface area contributed by atoms with Crippen LogP contribution in [0.15, 0.2) is 59.1 Å². The molecule has 1 aromatic heterocycles. The lowest BCUT2D eigenvalue weighted by molar-refractivity contribution is 0.102. The average Bonchev–Trinajstić information content (AvgIpc) is 2.70. The highest BCUT2D eigenvalue weighted by Gasteiger charge is 2.21. The van der Waals surface area contributed by atoms with E-state index in [-0.39, 0.29) is 5.91 Å². The summed E-state index contributed by atoms with van der Waals surface area (Å²) >= 11 is 3.49. The first-order valence-corrected chi connectivity index (χ1v) is 11.1. The Balaban J connectivity index is 1.94. The normalized spacial score (nSPS) is 11.0. The molecule has 0 aliphatic rings. The highest BCUT2D eigenvalue weighted by Crippen LogP contribution is 2.33. The molecule has 4 heteroatoms. The monoisotopic (exact) mass is 472 g/mol. The summed E-state index contributed by atoms with van der Waals surface area (Å²) in [6.07, 6.45) is 0. The van der Waals surface area contributed by atoms with E-state index in [0.29, 0.717) is 5.56 Å². The van der Waals surface area contributed by atoms with E-state index < -0.39 is 0 Å². The van der Waals surface area contributed by atoms with Gasteiger partial charge in [0, 0.05) is 21.1 Å². The van der Waals surface area contributed by atoms with E-state index in [1.54, 1.807) is 0 Å². The molecule has 1 heterocycles. The second-order valence-electron chi connectivity index (χ2n) is 8.22. The number of benzene rings is 3. The van der Waals surface area contributed by atoms with Crippen molar-refractivity contribution in [3.63, 3.8) is 0 Å². The minimum Gasteiger partial charge on any atom is -0.322 e. The Kier molecular flexibility index (Phi) is 5.67. The van der Waals surface area contributed by atoms with Crippen LogP contribution in [0.1, 0.15) is 38.2 Å². The zero-order chi connectivity index (χ0) is 22.3. The standard InChI is InChI=1S/C27H25BrN2O/c1-15-6-8-20(9-7-15)26-19(5)24(22-13-16(2)12-18(4)25(22)30-26)27(31)29-23-11-10-21(28)14-17(23)3/h6-14H,1-5H3,(H,29,31). The largest absolute Gasteiger partial charge is 0.322 e.